The van der Waals surface area contributed by atoms with E-state index in [1.807, 2.05) is 40.9 Å². The number of thiophene rings is 1. The van der Waals surface area contributed by atoms with Gasteiger partial charge in [-0.15, -0.1) is 11.3 Å². The van der Waals surface area contributed by atoms with E-state index in [9.17, 15) is 9.59 Å². The van der Waals surface area contributed by atoms with Crippen LogP contribution in [0.2, 0.25) is 0 Å². The standard InChI is InChI=1S/C18H21N3O2S2/c22-16-13(5-1-2-7-19-16)20-17(23)15-12-6-10-24-11-14(12)25-18(15)21-8-3-4-9-21/h3-4,8-9,13H,1-2,5-7,10-11H2,(H,19,22)(H,20,23). The van der Waals surface area contributed by atoms with Crippen LogP contribution in [-0.2, 0) is 17.0 Å². The molecule has 1 unspecified atom stereocenters. The largest absolute Gasteiger partial charge is 0.354 e. The number of nitrogens with one attached hydrogen (secondary N) is 2. The van der Waals surface area contributed by atoms with Crippen LogP contribution in [0.1, 0.15) is 40.1 Å². The van der Waals surface area contributed by atoms with Crippen LogP contribution in [0.15, 0.2) is 24.5 Å². The molecule has 0 spiro atoms. The Kier molecular flexibility index (Phi) is 4.85. The molecule has 1 atom stereocenters. The molecule has 7 heteroatoms. The van der Waals surface area contributed by atoms with Crippen molar-refractivity contribution in [3.8, 4) is 5.00 Å². The van der Waals surface area contributed by atoms with Crippen LogP contribution >= 0.6 is 23.1 Å². The number of nitrogens with zero attached hydrogens (tertiary/aromatic N) is 1. The van der Waals surface area contributed by atoms with Gasteiger partial charge in [-0.2, -0.15) is 11.8 Å². The topological polar surface area (TPSA) is 63.1 Å². The zero-order valence-corrected chi connectivity index (χ0v) is 15.5. The lowest BCUT2D eigenvalue weighted by atomic mass is 10.1. The number of rotatable bonds is 3. The smallest absolute Gasteiger partial charge is 0.255 e. The molecule has 132 valence electrons. The fraction of sp³-hybridized carbons (Fsp3) is 0.444. The Morgan fingerprint density at radius 1 is 1.28 bits per heavy atom. The summed E-state index contributed by atoms with van der Waals surface area (Å²) in [6.07, 6.45) is 7.49. The lowest BCUT2D eigenvalue weighted by Gasteiger charge is -2.17. The Labute approximate surface area is 155 Å². The van der Waals surface area contributed by atoms with Crippen LogP contribution in [0, 0.1) is 0 Å². The molecule has 0 aromatic carbocycles. The molecular weight excluding hydrogens is 354 g/mol. The third kappa shape index (κ3) is 3.35. The minimum Gasteiger partial charge on any atom is -0.354 e. The van der Waals surface area contributed by atoms with E-state index < -0.39 is 6.04 Å². The molecule has 25 heavy (non-hydrogen) atoms. The number of thioether (sulfide) groups is 1. The third-order valence-corrected chi connectivity index (χ3v) is 7.12. The van der Waals surface area contributed by atoms with Gasteiger partial charge in [-0.1, -0.05) is 0 Å². The molecule has 5 nitrogen and oxygen atoms in total. The van der Waals surface area contributed by atoms with E-state index in [2.05, 4.69) is 10.6 Å². The molecule has 0 bridgehead atoms. The van der Waals surface area contributed by atoms with Crippen molar-refractivity contribution < 1.29 is 9.59 Å². The molecule has 2 aromatic rings. The minimum atomic E-state index is -0.430. The lowest BCUT2D eigenvalue weighted by molar-refractivity contribution is -0.122. The second kappa shape index (κ2) is 7.25. The number of carbonyl (C=O) groups is 2. The predicted molar refractivity (Wildman–Crippen MR) is 102 cm³/mol. The fourth-order valence-electron chi connectivity index (χ4n) is 3.41. The van der Waals surface area contributed by atoms with Crippen molar-refractivity contribution in [2.45, 2.75) is 37.5 Å². The van der Waals surface area contributed by atoms with Crippen LogP contribution in [0.5, 0.6) is 0 Å². The summed E-state index contributed by atoms with van der Waals surface area (Å²) in [7, 11) is 0. The van der Waals surface area contributed by atoms with Crippen molar-refractivity contribution in [1.82, 2.24) is 15.2 Å². The molecular formula is C18H21N3O2S2. The van der Waals surface area contributed by atoms with E-state index >= 15 is 0 Å². The van der Waals surface area contributed by atoms with Crippen LogP contribution in [0.25, 0.3) is 5.00 Å². The Morgan fingerprint density at radius 3 is 2.96 bits per heavy atom. The van der Waals surface area contributed by atoms with Crippen molar-refractivity contribution in [3.63, 3.8) is 0 Å². The first-order chi connectivity index (χ1) is 12.2. The van der Waals surface area contributed by atoms with Gasteiger partial charge in [0, 0.05) is 29.6 Å². The first kappa shape index (κ1) is 16.7. The number of fused-ring (bicyclic) bond motifs is 1. The number of amides is 2. The van der Waals surface area contributed by atoms with Gasteiger partial charge in [0.15, 0.2) is 0 Å². The maximum atomic E-state index is 13.1. The highest BCUT2D eigenvalue weighted by molar-refractivity contribution is 7.98. The van der Waals surface area contributed by atoms with Crippen LogP contribution in [-0.4, -0.2) is 34.7 Å². The second-order valence-electron chi connectivity index (χ2n) is 6.39. The van der Waals surface area contributed by atoms with E-state index in [1.165, 1.54) is 10.4 Å². The Bertz CT molecular complexity index is 783. The number of carbonyl (C=O) groups excluding carboxylic acids is 2. The first-order valence-electron chi connectivity index (χ1n) is 8.68. The zero-order chi connectivity index (χ0) is 17.2. The third-order valence-electron chi connectivity index (χ3n) is 4.71. The van der Waals surface area contributed by atoms with Crippen molar-refractivity contribution in [2.24, 2.45) is 0 Å². The molecule has 2 N–H and O–H groups in total. The second-order valence-corrected chi connectivity index (χ2v) is 8.58. The molecule has 4 heterocycles. The maximum Gasteiger partial charge on any atom is 0.255 e. The quantitative estimate of drug-likeness (QED) is 0.867. The molecule has 2 aliphatic heterocycles. The van der Waals surface area contributed by atoms with Crippen molar-refractivity contribution >= 4 is 34.9 Å². The molecule has 1 fully saturated rings. The van der Waals surface area contributed by atoms with Crippen LogP contribution < -0.4 is 10.6 Å². The molecule has 4 rings (SSSR count). The van der Waals surface area contributed by atoms with E-state index in [1.54, 1.807) is 11.3 Å². The van der Waals surface area contributed by atoms with Gasteiger partial charge in [0.05, 0.1) is 5.56 Å². The SMILES string of the molecule is O=C(NC1CCCCNC1=O)c1c(-n2cccc2)sc2c1CCSC2. The summed E-state index contributed by atoms with van der Waals surface area (Å²) in [4.78, 5) is 26.6. The van der Waals surface area contributed by atoms with Gasteiger partial charge in [0.25, 0.3) is 5.91 Å². The molecule has 2 amide bonds. The average molecular weight is 376 g/mol. The highest BCUT2D eigenvalue weighted by Crippen LogP contribution is 2.38. The molecule has 2 aromatic heterocycles. The van der Waals surface area contributed by atoms with Gasteiger partial charge in [-0.3, -0.25) is 9.59 Å². The number of aromatic nitrogens is 1. The summed E-state index contributed by atoms with van der Waals surface area (Å²) in [6.45, 7) is 0.699. The molecule has 0 aliphatic carbocycles. The summed E-state index contributed by atoms with van der Waals surface area (Å²) in [5, 5.41) is 6.85. The first-order valence-corrected chi connectivity index (χ1v) is 10.7. The fourth-order valence-corrected chi connectivity index (χ4v) is 5.86. The molecule has 0 radical (unpaired) electrons. The number of hydrogen-bond donors (Lipinski definition) is 2. The van der Waals surface area contributed by atoms with Crippen molar-refractivity contribution in [3.05, 3.63) is 40.5 Å². The summed E-state index contributed by atoms with van der Waals surface area (Å²) in [6, 6.07) is 3.50. The summed E-state index contributed by atoms with van der Waals surface area (Å²) in [5.74, 6) is 1.83. The summed E-state index contributed by atoms with van der Waals surface area (Å²) in [5.41, 5.74) is 1.92. The Morgan fingerprint density at radius 2 is 2.12 bits per heavy atom. The molecule has 2 aliphatic rings. The average Bonchev–Trinajstić information content (AvgIpc) is 3.22. The van der Waals surface area contributed by atoms with Gasteiger partial charge in [-0.25, -0.2) is 0 Å². The van der Waals surface area contributed by atoms with E-state index in [0.29, 0.717) is 13.0 Å². The maximum absolute atomic E-state index is 13.1. The highest BCUT2D eigenvalue weighted by atomic mass is 32.2. The van der Waals surface area contributed by atoms with Crippen LogP contribution in [0.3, 0.4) is 0 Å². The van der Waals surface area contributed by atoms with Crippen LogP contribution in [0.4, 0.5) is 0 Å². The van der Waals surface area contributed by atoms with Gasteiger partial charge in [-0.05, 0) is 49.1 Å². The zero-order valence-electron chi connectivity index (χ0n) is 13.9. The number of hydrogen-bond acceptors (Lipinski definition) is 4. The monoisotopic (exact) mass is 375 g/mol. The molecule has 1 saturated heterocycles. The lowest BCUT2D eigenvalue weighted by Crippen LogP contribution is -2.45. The van der Waals surface area contributed by atoms with Gasteiger partial charge in [0.2, 0.25) is 5.91 Å². The van der Waals surface area contributed by atoms with Gasteiger partial charge in [0.1, 0.15) is 11.0 Å². The Balaban J connectivity index is 1.67. The summed E-state index contributed by atoms with van der Waals surface area (Å²) >= 11 is 3.61. The van der Waals surface area contributed by atoms with Crippen molar-refractivity contribution in [2.75, 3.05) is 12.3 Å². The van der Waals surface area contributed by atoms with Gasteiger partial charge < -0.3 is 15.2 Å². The van der Waals surface area contributed by atoms with Gasteiger partial charge >= 0.3 is 0 Å². The molecule has 0 saturated carbocycles. The van der Waals surface area contributed by atoms with E-state index in [4.69, 9.17) is 0 Å². The van der Waals surface area contributed by atoms with E-state index in [0.717, 1.165) is 41.3 Å². The normalized spacial score (nSPS) is 20.5. The van der Waals surface area contributed by atoms with Crippen molar-refractivity contribution in [1.29, 1.82) is 0 Å². The Hall–Kier alpha value is -1.73. The predicted octanol–water partition coefficient (Wildman–Crippen LogP) is 2.73. The minimum absolute atomic E-state index is 0.0620. The highest BCUT2D eigenvalue weighted by Gasteiger charge is 2.29. The summed E-state index contributed by atoms with van der Waals surface area (Å²) < 4.78 is 2.01. The van der Waals surface area contributed by atoms with E-state index in [-0.39, 0.29) is 11.8 Å².